The highest BCUT2D eigenvalue weighted by Gasteiger charge is 2.11. The maximum absolute atomic E-state index is 13.9. The lowest BCUT2D eigenvalue weighted by molar-refractivity contribution is 0.0697. The lowest BCUT2D eigenvalue weighted by Gasteiger charge is -2.14. The third-order valence-electron chi connectivity index (χ3n) is 4.09. The minimum atomic E-state index is -1.10. The fourth-order valence-electron chi connectivity index (χ4n) is 2.61. The minimum absolute atomic E-state index is 0.00731. The Morgan fingerprint density at radius 2 is 1.82 bits per heavy atom. The molecule has 7 heteroatoms. The van der Waals surface area contributed by atoms with Crippen LogP contribution >= 0.6 is 23.2 Å². The molecular formula is C21H16Cl2FNO3. The summed E-state index contributed by atoms with van der Waals surface area (Å²) in [5, 5.41) is 12.8. The van der Waals surface area contributed by atoms with E-state index in [9.17, 15) is 9.18 Å². The molecule has 0 heterocycles. The van der Waals surface area contributed by atoms with Crippen molar-refractivity contribution in [1.29, 1.82) is 0 Å². The van der Waals surface area contributed by atoms with Crippen LogP contribution in [-0.2, 0) is 13.2 Å². The predicted molar refractivity (Wildman–Crippen MR) is 108 cm³/mol. The first kappa shape index (κ1) is 20.0. The number of hydrogen-bond acceptors (Lipinski definition) is 3. The van der Waals surface area contributed by atoms with E-state index in [1.165, 1.54) is 24.3 Å². The van der Waals surface area contributed by atoms with Crippen molar-refractivity contribution in [2.45, 2.75) is 13.2 Å². The number of benzene rings is 3. The average Bonchev–Trinajstić information content (AvgIpc) is 2.67. The largest absolute Gasteiger partial charge is 0.488 e. The third kappa shape index (κ3) is 4.74. The van der Waals surface area contributed by atoms with Gasteiger partial charge in [-0.25, -0.2) is 9.18 Å². The van der Waals surface area contributed by atoms with Gasteiger partial charge in [-0.05, 0) is 36.4 Å². The summed E-state index contributed by atoms with van der Waals surface area (Å²) in [6.45, 7) is 0.370. The Hall–Kier alpha value is -2.76. The van der Waals surface area contributed by atoms with Crippen molar-refractivity contribution < 1.29 is 19.0 Å². The van der Waals surface area contributed by atoms with Crippen LogP contribution in [-0.4, -0.2) is 11.1 Å². The number of carbonyl (C=O) groups is 1. The van der Waals surface area contributed by atoms with Crippen LogP contribution < -0.4 is 10.1 Å². The highest BCUT2D eigenvalue weighted by atomic mass is 35.5. The molecule has 0 saturated carbocycles. The summed E-state index contributed by atoms with van der Waals surface area (Å²) in [5.74, 6) is -0.952. The molecule has 0 atom stereocenters. The molecule has 0 amide bonds. The zero-order valence-corrected chi connectivity index (χ0v) is 16.1. The van der Waals surface area contributed by atoms with Gasteiger partial charge in [0.2, 0.25) is 0 Å². The smallest absolute Gasteiger partial charge is 0.337 e. The highest BCUT2D eigenvalue weighted by Crippen LogP contribution is 2.25. The van der Waals surface area contributed by atoms with Crippen molar-refractivity contribution in [3.63, 3.8) is 0 Å². The summed E-state index contributed by atoms with van der Waals surface area (Å²) in [5.41, 5.74) is 1.73. The van der Waals surface area contributed by atoms with Crippen LogP contribution in [0.15, 0.2) is 60.7 Å². The summed E-state index contributed by atoms with van der Waals surface area (Å²) in [4.78, 5) is 11.2. The van der Waals surface area contributed by atoms with E-state index >= 15 is 0 Å². The quantitative estimate of drug-likeness (QED) is 0.491. The molecule has 0 aliphatic rings. The van der Waals surface area contributed by atoms with Crippen LogP contribution in [0.5, 0.6) is 5.75 Å². The van der Waals surface area contributed by atoms with Gasteiger partial charge in [0.1, 0.15) is 18.2 Å². The maximum atomic E-state index is 13.9. The first-order valence-corrected chi connectivity index (χ1v) is 9.11. The molecule has 4 nitrogen and oxygen atoms in total. The van der Waals surface area contributed by atoms with Crippen LogP contribution in [0.3, 0.4) is 0 Å². The molecule has 0 radical (unpaired) electrons. The summed E-state index contributed by atoms with van der Waals surface area (Å²) < 4.78 is 19.7. The van der Waals surface area contributed by atoms with Crippen LogP contribution in [0.1, 0.15) is 21.5 Å². The third-order valence-corrected chi connectivity index (χ3v) is 4.77. The first-order valence-electron chi connectivity index (χ1n) is 8.36. The van der Waals surface area contributed by atoms with Gasteiger partial charge >= 0.3 is 5.97 Å². The van der Waals surface area contributed by atoms with Gasteiger partial charge in [0.05, 0.1) is 15.6 Å². The van der Waals surface area contributed by atoms with E-state index < -0.39 is 11.8 Å². The summed E-state index contributed by atoms with van der Waals surface area (Å²) in [7, 11) is 0. The van der Waals surface area contributed by atoms with E-state index in [1.807, 2.05) is 18.2 Å². The van der Waals surface area contributed by atoms with Gasteiger partial charge in [-0.1, -0.05) is 47.5 Å². The minimum Gasteiger partial charge on any atom is -0.488 e. The number of nitrogens with one attached hydrogen (secondary N) is 1. The van der Waals surface area contributed by atoms with Gasteiger partial charge in [-0.3, -0.25) is 0 Å². The second-order valence-corrected chi connectivity index (χ2v) is 6.76. The zero-order valence-electron chi connectivity index (χ0n) is 14.6. The Balaban J connectivity index is 1.72. The number of carboxylic acid groups (broad SMARTS) is 1. The van der Waals surface area contributed by atoms with Gasteiger partial charge in [0.15, 0.2) is 0 Å². The number of para-hydroxylation sites is 1. The van der Waals surface area contributed by atoms with Gasteiger partial charge in [0, 0.05) is 23.4 Å². The Bertz CT molecular complexity index is 990. The normalized spacial score (nSPS) is 10.5. The molecule has 0 aromatic heterocycles. The lowest BCUT2D eigenvalue weighted by atomic mass is 10.1. The van der Waals surface area contributed by atoms with Crippen LogP contribution in [0.2, 0.25) is 10.0 Å². The van der Waals surface area contributed by atoms with Crippen molar-refractivity contribution in [3.05, 3.63) is 93.2 Å². The summed E-state index contributed by atoms with van der Waals surface area (Å²) >= 11 is 11.9. The lowest BCUT2D eigenvalue weighted by Crippen LogP contribution is -2.06. The van der Waals surface area contributed by atoms with Crippen molar-refractivity contribution in [2.75, 3.05) is 5.32 Å². The summed E-state index contributed by atoms with van der Waals surface area (Å²) in [6.07, 6.45) is 0. The molecule has 0 aliphatic carbocycles. The molecule has 3 rings (SSSR count). The van der Waals surface area contributed by atoms with Gasteiger partial charge in [-0.2, -0.15) is 0 Å². The predicted octanol–water partition coefficient (Wildman–Crippen LogP) is 6.02. The number of rotatable bonds is 7. The fourth-order valence-corrected chi connectivity index (χ4v) is 3.02. The van der Waals surface area contributed by atoms with E-state index in [2.05, 4.69) is 5.32 Å². The number of halogens is 3. The Morgan fingerprint density at radius 1 is 1.04 bits per heavy atom. The molecule has 0 bridgehead atoms. The van der Waals surface area contributed by atoms with Crippen molar-refractivity contribution in [2.24, 2.45) is 0 Å². The van der Waals surface area contributed by atoms with Crippen molar-refractivity contribution in [3.8, 4) is 5.75 Å². The number of hydrogen-bond donors (Lipinski definition) is 2. The Kier molecular flexibility index (Phi) is 6.39. The van der Waals surface area contributed by atoms with Crippen LogP contribution in [0.4, 0.5) is 10.1 Å². The second-order valence-electron chi connectivity index (χ2n) is 5.95. The van der Waals surface area contributed by atoms with Crippen molar-refractivity contribution in [1.82, 2.24) is 0 Å². The van der Waals surface area contributed by atoms with E-state index in [0.29, 0.717) is 23.0 Å². The molecule has 28 heavy (non-hydrogen) atoms. The Labute approximate surface area is 171 Å². The van der Waals surface area contributed by atoms with Crippen molar-refractivity contribution >= 4 is 34.9 Å². The molecule has 0 saturated heterocycles. The standard InChI is InChI=1S/C21H16Cl2FNO3/c22-17-5-3-6-19(24)16(17)12-28-20-7-2-1-4-13(20)11-25-14-8-9-18(23)15(10-14)21(26)27/h1-10,25H,11-12H2,(H,26,27). The van der Waals surface area contributed by atoms with Crippen LogP contribution in [0.25, 0.3) is 0 Å². The molecule has 144 valence electrons. The zero-order chi connectivity index (χ0) is 20.1. The number of carboxylic acids is 1. The van der Waals surface area contributed by atoms with E-state index in [-0.39, 0.29) is 22.8 Å². The van der Waals surface area contributed by atoms with Gasteiger partial charge in [-0.15, -0.1) is 0 Å². The number of ether oxygens (including phenoxy) is 1. The van der Waals surface area contributed by atoms with Crippen LogP contribution in [0, 0.1) is 5.82 Å². The topological polar surface area (TPSA) is 58.6 Å². The monoisotopic (exact) mass is 419 g/mol. The van der Waals surface area contributed by atoms with E-state index in [1.54, 1.807) is 18.2 Å². The molecule has 0 spiro atoms. The van der Waals surface area contributed by atoms with E-state index in [0.717, 1.165) is 5.56 Å². The molecule has 2 N–H and O–H groups in total. The highest BCUT2D eigenvalue weighted by molar-refractivity contribution is 6.33. The summed E-state index contributed by atoms with van der Waals surface area (Å²) in [6, 6.07) is 16.5. The second kappa shape index (κ2) is 8.95. The molecule has 0 aliphatic heterocycles. The number of anilines is 1. The average molecular weight is 420 g/mol. The van der Waals surface area contributed by atoms with Gasteiger partial charge < -0.3 is 15.2 Å². The fraction of sp³-hybridized carbons (Fsp3) is 0.0952. The molecular weight excluding hydrogens is 404 g/mol. The maximum Gasteiger partial charge on any atom is 0.337 e. The van der Waals surface area contributed by atoms with E-state index in [4.69, 9.17) is 33.0 Å². The SMILES string of the molecule is O=C(O)c1cc(NCc2ccccc2OCc2c(F)cccc2Cl)ccc1Cl. The number of aromatic carboxylic acids is 1. The Morgan fingerprint density at radius 3 is 2.57 bits per heavy atom. The molecule has 3 aromatic carbocycles. The molecule has 0 fully saturated rings. The first-order chi connectivity index (χ1) is 13.5. The van der Waals surface area contributed by atoms with Gasteiger partial charge in [0.25, 0.3) is 0 Å². The molecule has 3 aromatic rings. The molecule has 0 unspecified atom stereocenters.